The van der Waals surface area contributed by atoms with Gasteiger partial charge < -0.3 is 21.1 Å². The molecule has 0 aliphatic rings. The van der Waals surface area contributed by atoms with E-state index in [1.165, 1.54) is 11.8 Å². The van der Waals surface area contributed by atoms with Gasteiger partial charge in [0.05, 0.1) is 6.61 Å². The highest BCUT2D eigenvalue weighted by Gasteiger charge is 2.14. The Labute approximate surface area is 151 Å². The summed E-state index contributed by atoms with van der Waals surface area (Å²) in [5.74, 6) is 1.57. The molecule has 0 radical (unpaired) electrons. The summed E-state index contributed by atoms with van der Waals surface area (Å²) >= 11 is 5.06. The molecule has 0 aliphatic carbocycles. The third-order valence-corrected chi connectivity index (χ3v) is 4.98. The molecule has 0 aliphatic heterocycles. The molecule has 5 N–H and O–H groups in total. The number of hydrogen-bond acceptors (Lipinski definition) is 7. The second-order valence-electron chi connectivity index (χ2n) is 5.28. The van der Waals surface area contributed by atoms with Crippen molar-refractivity contribution in [1.29, 1.82) is 0 Å². The van der Waals surface area contributed by atoms with Gasteiger partial charge in [-0.15, -0.1) is 0 Å². The first-order valence-corrected chi connectivity index (χ1v) is 9.11. The Morgan fingerprint density at radius 1 is 1.33 bits per heavy atom. The van der Waals surface area contributed by atoms with Gasteiger partial charge >= 0.3 is 0 Å². The molecule has 2 heterocycles. The van der Waals surface area contributed by atoms with Gasteiger partial charge in [0.25, 0.3) is 0 Å². The molecule has 9 heteroatoms. The lowest BCUT2D eigenvalue weighted by Gasteiger charge is -2.12. The second-order valence-corrected chi connectivity index (χ2v) is 7.08. The number of H-pyrrole nitrogens is 1. The van der Waals surface area contributed by atoms with Crippen molar-refractivity contribution < 1.29 is 5.11 Å². The van der Waals surface area contributed by atoms with Crippen molar-refractivity contribution >= 4 is 50.6 Å². The average Bonchev–Trinajstić information content (AvgIpc) is 2.94. The third-order valence-electron chi connectivity index (χ3n) is 3.31. The van der Waals surface area contributed by atoms with Gasteiger partial charge in [0.1, 0.15) is 0 Å². The molecule has 0 unspecified atom stereocenters. The molecule has 7 nitrogen and oxygen atoms in total. The van der Waals surface area contributed by atoms with E-state index < -0.39 is 0 Å². The number of aliphatic hydroxyl groups is 1. The van der Waals surface area contributed by atoms with E-state index in [1.807, 2.05) is 25.1 Å². The van der Waals surface area contributed by atoms with Crippen LogP contribution in [0.5, 0.6) is 0 Å². The van der Waals surface area contributed by atoms with E-state index in [-0.39, 0.29) is 18.6 Å². The number of fused-ring (bicyclic) bond motifs is 1. The number of aliphatic hydroxyl groups excluding tert-OH is 1. The van der Waals surface area contributed by atoms with Gasteiger partial charge in [-0.05, 0) is 18.6 Å². The highest BCUT2D eigenvalue weighted by molar-refractivity contribution is 9.10. The number of aromatic amines is 1. The van der Waals surface area contributed by atoms with Crippen LogP contribution in [0.25, 0.3) is 11.2 Å². The van der Waals surface area contributed by atoms with Gasteiger partial charge in [0.15, 0.2) is 28.1 Å². The molecule has 0 fully saturated rings. The zero-order chi connectivity index (χ0) is 17.1. The van der Waals surface area contributed by atoms with E-state index in [0.29, 0.717) is 22.1 Å². The van der Waals surface area contributed by atoms with E-state index in [9.17, 15) is 5.11 Å². The number of nitrogen functional groups attached to an aromatic ring is 1. The van der Waals surface area contributed by atoms with Crippen LogP contribution in [0.4, 0.5) is 11.8 Å². The lowest BCUT2D eigenvalue weighted by atomic mass is 10.2. The molecule has 2 aromatic heterocycles. The normalized spacial score (nSPS) is 12.5. The lowest BCUT2D eigenvalue weighted by molar-refractivity contribution is 0.281. The number of benzene rings is 1. The molecule has 24 heavy (non-hydrogen) atoms. The standard InChI is InChI=1S/C15H17BrN6OS/c1-8(6-23)18-12-11-13(20-14(17)19-11)22-15(21-12)24-7-9-4-2-3-5-10(9)16/h2-5,8,23H,6-7H2,1H3,(H4,17,18,19,20,21,22)/t8-/m1/s1. The lowest BCUT2D eigenvalue weighted by Crippen LogP contribution is -2.20. The zero-order valence-corrected chi connectivity index (χ0v) is 15.4. The first-order chi connectivity index (χ1) is 11.6. The summed E-state index contributed by atoms with van der Waals surface area (Å²) in [6.07, 6.45) is 0. The molecule has 1 aromatic carbocycles. The summed E-state index contributed by atoms with van der Waals surface area (Å²) in [5, 5.41) is 13.0. The van der Waals surface area contributed by atoms with Crippen LogP contribution in [0, 0.1) is 0 Å². The Morgan fingerprint density at radius 3 is 2.88 bits per heavy atom. The van der Waals surface area contributed by atoms with Crippen molar-refractivity contribution in [2.45, 2.75) is 23.9 Å². The molecule has 126 valence electrons. The van der Waals surface area contributed by atoms with Gasteiger partial charge in [-0.1, -0.05) is 45.9 Å². The maximum atomic E-state index is 9.26. The van der Waals surface area contributed by atoms with E-state index in [4.69, 9.17) is 5.73 Å². The minimum Gasteiger partial charge on any atom is -0.394 e. The summed E-state index contributed by atoms with van der Waals surface area (Å²) in [6, 6.07) is 7.88. The summed E-state index contributed by atoms with van der Waals surface area (Å²) < 4.78 is 1.05. The van der Waals surface area contributed by atoms with Crippen LogP contribution in [0.15, 0.2) is 33.9 Å². The van der Waals surface area contributed by atoms with Gasteiger partial charge in [0.2, 0.25) is 0 Å². The number of nitrogens with zero attached hydrogens (tertiary/aromatic N) is 3. The number of nitrogens with one attached hydrogen (secondary N) is 2. The number of thioether (sulfide) groups is 1. The first kappa shape index (κ1) is 17.0. The van der Waals surface area contributed by atoms with E-state index in [1.54, 1.807) is 0 Å². The second kappa shape index (κ2) is 7.37. The largest absolute Gasteiger partial charge is 0.394 e. The topological polar surface area (TPSA) is 113 Å². The van der Waals surface area contributed by atoms with E-state index >= 15 is 0 Å². The van der Waals surface area contributed by atoms with Crippen LogP contribution >= 0.6 is 27.7 Å². The molecule has 0 bridgehead atoms. The highest BCUT2D eigenvalue weighted by Crippen LogP contribution is 2.28. The molecule has 0 saturated carbocycles. The Morgan fingerprint density at radius 2 is 2.12 bits per heavy atom. The van der Waals surface area contributed by atoms with Crippen LogP contribution in [-0.2, 0) is 5.75 Å². The predicted molar refractivity (Wildman–Crippen MR) is 100.0 cm³/mol. The van der Waals surface area contributed by atoms with Crippen LogP contribution in [0.3, 0.4) is 0 Å². The predicted octanol–water partition coefficient (Wildman–Crippen LogP) is 2.78. The van der Waals surface area contributed by atoms with Gasteiger partial charge in [-0.3, -0.25) is 0 Å². The fourth-order valence-corrected chi connectivity index (χ4v) is 3.56. The molecule has 3 rings (SSSR count). The van der Waals surface area contributed by atoms with Crippen molar-refractivity contribution in [3.05, 3.63) is 34.3 Å². The van der Waals surface area contributed by atoms with Crippen molar-refractivity contribution in [2.75, 3.05) is 17.7 Å². The quantitative estimate of drug-likeness (QED) is 0.366. The van der Waals surface area contributed by atoms with Gasteiger partial charge in [-0.2, -0.15) is 0 Å². The number of aromatic nitrogens is 4. The fraction of sp³-hybridized carbons (Fsp3) is 0.267. The first-order valence-electron chi connectivity index (χ1n) is 7.33. The molecule has 0 spiro atoms. The smallest absolute Gasteiger partial charge is 0.199 e. The Balaban J connectivity index is 1.89. The molecular weight excluding hydrogens is 392 g/mol. The van der Waals surface area contributed by atoms with E-state index in [0.717, 1.165) is 15.8 Å². The molecular formula is C15H17BrN6OS. The van der Waals surface area contributed by atoms with Crippen molar-refractivity contribution in [2.24, 2.45) is 0 Å². The van der Waals surface area contributed by atoms with Crippen LogP contribution in [0.2, 0.25) is 0 Å². The maximum absolute atomic E-state index is 9.26. The van der Waals surface area contributed by atoms with Gasteiger partial charge in [0, 0.05) is 16.3 Å². The van der Waals surface area contributed by atoms with Crippen LogP contribution < -0.4 is 11.1 Å². The van der Waals surface area contributed by atoms with Crippen molar-refractivity contribution in [1.82, 2.24) is 19.9 Å². The number of imidazole rings is 1. The summed E-state index contributed by atoms with van der Waals surface area (Å²) in [6.45, 7) is 1.85. The minimum atomic E-state index is -0.151. The third kappa shape index (κ3) is 3.80. The highest BCUT2D eigenvalue weighted by atomic mass is 79.9. The Kier molecular flexibility index (Phi) is 5.22. The maximum Gasteiger partial charge on any atom is 0.199 e. The summed E-state index contributed by atoms with van der Waals surface area (Å²) in [5.41, 5.74) is 8.04. The molecule has 3 aromatic rings. The van der Waals surface area contributed by atoms with Crippen LogP contribution in [0.1, 0.15) is 12.5 Å². The summed E-state index contributed by atoms with van der Waals surface area (Å²) in [4.78, 5) is 16.1. The minimum absolute atomic E-state index is 0.00909. The number of rotatable bonds is 6. The van der Waals surface area contributed by atoms with Crippen molar-refractivity contribution in [3.8, 4) is 0 Å². The number of nitrogens with two attached hydrogens (primary N) is 1. The molecule has 0 amide bonds. The SMILES string of the molecule is C[C@H](CO)Nc1nc(SCc2ccccc2Br)nc2[nH]c(N)nc12. The van der Waals surface area contributed by atoms with Gasteiger partial charge in [-0.25, -0.2) is 15.0 Å². The fourth-order valence-electron chi connectivity index (χ4n) is 2.10. The zero-order valence-electron chi connectivity index (χ0n) is 13.0. The number of halogens is 1. The summed E-state index contributed by atoms with van der Waals surface area (Å²) in [7, 11) is 0. The monoisotopic (exact) mass is 408 g/mol. The van der Waals surface area contributed by atoms with E-state index in [2.05, 4.69) is 47.2 Å². The number of hydrogen-bond donors (Lipinski definition) is 4. The Hall–Kier alpha value is -1.84. The molecule has 0 saturated heterocycles. The molecule has 1 atom stereocenters. The Bertz CT molecular complexity index is 855. The number of anilines is 2. The van der Waals surface area contributed by atoms with Crippen molar-refractivity contribution in [3.63, 3.8) is 0 Å². The van der Waals surface area contributed by atoms with Crippen LogP contribution in [-0.4, -0.2) is 37.7 Å². The average molecular weight is 409 g/mol.